The summed E-state index contributed by atoms with van der Waals surface area (Å²) in [6.07, 6.45) is 0.592. The van der Waals surface area contributed by atoms with Crippen LogP contribution in [0.5, 0.6) is 17.4 Å². The van der Waals surface area contributed by atoms with Crippen molar-refractivity contribution in [2.24, 2.45) is 0 Å². The first-order chi connectivity index (χ1) is 13.4. The van der Waals surface area contributed by atoms with Crippen LogP contribution in [0.4, 0.5) is 10.1 Å². The molecule has 144 valence electrons. The van der Waals surface area contributed by atoms with Gasteiger partial charge in [-0.25, -0.2) is 9.37 Å². The van der Waals surface area contributed by atoms with Crippen LogP contribution >= 0.6 is 11.6 Å². The minimum atomic E-state index is -0.705. The molecule has 0 radical (unpaired) electrons. The number of benzene rings is 2. The molecule has 7 heteroatoms. The average molecular weight is 401 g/mol. The molecule has 0 aliphatic rings. The van der Waals surface area contributed by atoms with E-state index in [-0.39, 0.29) is 16.8 Å². The van der Waals surface area contributed by atoms with E-state index in [0.717, 1.165) is 11.6 Å². The summed E-state index contributed by atoms with van der Waals surface area (Å²) >= 11 is 5.67. The lowest BCUT2D eigenvalue weighted by molar-refractivity contribution is -0.122. The van der Waals surface area contributed by atoms with Crippen molar-refractivity contribution in [2.75, 3.05) is 5.32 Å². The standard InChI is InChI=1S/C21H18ClFN2O3/c1-13-3-5-16(6-4-13)25-20(26)14(2)27-17-7-9-18(10-8-17)28-21-19(23)11-15(22)12-24-21/h3-12,14H,1-2H3,(H,25,26)/t14-/m1/s1. The number of rotatable bonds is 6. The molecule has 0 fully saturated rings. The van der Waals surface area contributed by atoms with Gasteiger partial charge < -0.3 is 14.8 Å². The van der Waals surface area contributed by atoms with E-state index in [1.807, 2.05) is 31.2 Å². The van der Waals surface area contributed by atoms with Crippen molar-refractivity contribution < 1.29 is 18.7 Å². The third-order valence-electron chi connectivity index (χ3n) is 3.81. The van der Waals surface area contributed by atoms with Crippen LogP contribution in [0.1, 0.15) is 12.5 Å². The Bertz CT molecular complexity index is 962. The summed E-state index contributed by atoms with van der Waals surface area (Å²) in [6.45, 7) is 3.63. The first kappa shape index (κ1) is 19.6. The van der Waals surface area contributed by atoms with Crippen LogP contribution in [0.3, 0.4) is 0 Å². The molecule has 3 aromatic rings. The number of anilines is 1. The van der Waals surface area contributed by atoms with Crippen LogP contribution < -0.4 is 14.8 Å². The Labute approximate surface area is 167 Å². The largest absolute Gasteiger partial charge is 0.481 e. The number of nitrogens with zero attached hydrogens (tertiary/aromatic N) is 1. The van der Waals surface area contributed by atoms with E-state index in [1.54, 1.807) is 31.2 Å². The molecule has 1 N–H and O–H groups in total. The number of amides is 1. The van der Waals surface area contributed by atoms with Gasteiger partial charge in [-0.3, -0.25) is 4.79 Å². The monoisotopic (exact) mass is 400 g/mol. The van der Waals surface area contributed by atoms with Gasteiger partial charge in [0.2, 0.25) is 0 Å². The molecule has 1 amide bonds. The maximum atomic E-state index is 13.7. The van der Waals surface area contributed by atoms with Crippen molar-refractivity contribution >= 4 is 23.2 Å². The molecule has 1 aromatic heterocycles. The summed E-state index contributed by atoms with van der Waals surface area (Å²) in [5.74, 6) is -0.254. The molecule has 1 heterocycles. The second-order valence-corrected chi connectivity index (χ2v) is 6.57. The van der Waals surface area contributed by atoms with Crippen LogP contribution in [0.25, 0.3) is 0 Å². The molecule has 0 saturated heterocycles. The predicted octanol–water partition coefficient (Wildman–Crippen LogP) is 5.38. The molecule has 0 aliphatic heterocycles. The smallest absolute Gasteiger partial charge is 0.265 e. The fourth-order valence-electron chi connectivity index (χ4n) is 2.31. The van der Waals surface area contributed by atoms with Gasteiger partial charge in [0, 0.05) is 11.9 Å². The number of pyridine rings is 1. The lowest BCUT2D eigenvalue weighted by Crippen LogP contribution is -2.30. The van der Waals surface area contributed by atoms with Gasteiger partial charge in [-0.15, -0.1) is 0 Å². The topological polar surface area (TPSA) is 60.5 Å². The first-order valence-electron chi connectivity index (χ1n) is 8.54. The second kappa shape index (κ2) is 8.71. The molecule has 3 rings (SSSR count). The van der Waals surface area contributed by atoms with Gasteiger partial charge in [0.1, 0.15) is 11.5 Å². The van der Waals surface area contributed by atoms with E-state index in [0.29, 0.717) is 17.2 Å². The number of aryl methyl sites for hydroxylation is 1. The van der Waals surface area contributed by atoms with Gasteiger partial charge in [-0.1, -0.05) is 29.3 Å². The Balaban J connectivity index is 1.58. The Hall–Kier alpha value is -3.12. The van der Waals surface area contributed by atoms with Gasteiger partial charge in [0.05, 0.1) is 5.02 Å². The van der Waals surface area contributed by atoms with E-state index in [1.165, 1.54) is 6.20 Å². The Kier molecular flexibility index (Phi) is 6.11. The SMILES string of the molecule is Cc1ccc(NC(=O)[C@@H](C)Oc2ccc(Oc3ncc(Cl)cc3F)cc2)cc1. The fourth-order valence-corrected chi connectivity index (χ4v) is 2.46. The summed E-state index contributed by atoms with van der Waals surface area (Å²) in [5, 5.41) is 2.98. The molecule has 1 atom stereocenters. The zero-order valence-corrected chi connectivity index (χ0v) is 16.0. The summed E-state index contributed by atoms with van der Waals surface area (Å²) in [5.41, 5.74) is 1.81. The Morgan fingerprint density at radius 1 is 1.11 bits per heavy atom. The highest BCUT2D eigenvalue weighted by atomic mass is 35.5. The lowest BCUT2D eigenvalue weighted by atomic mass is 10.2. The number of ether oxygens (including phenoxy) is 2. The number of nitrogens with one attached hydrogen (secondary N) is 1. The van der Waals surface area contributed by atoms with Crippen molar-refractivity contribution in [3.8, 4) is 17.4 Å². The van der Waals surface area contributed by atoms with Gasteiger partial charge in [0.25, 0.3) is 11.8 Å². The molecule has 0 aliphatic carbocycles. The summed E-state index contributed by atoms with van der Waals surface area (Å²) < 4.78 is 24.8. The molecular weight excluding hydrogens is 383 g/mol. The Morgan fingerprint density at radius 3 is 2.39 bits per heavy atom. The van der Waals surface area contributed by atoms with Gasteiger partial charge in [0.15, 0.2) is 11.9 Å². The maximum absolute atomic E-state index is 13.7. The lowest BCUT2D eigenvalue weighted by Gasteiger charge is -2.15. The average Bonchev–Trinajstić information content (AvgIpc) is 2.67. The van der Waals surface area contributed by atoms with Crippen LogP contribution in [0.15, 0.2) is 60.8 Å². The highest BCUT2D eigenvalue weighted by Crippen LogP contribution is 2.26. The normalized spacial score (nSPS) is 11.6. The van der Waals surface area contributed by atoms with Crippen LogP contribution in [-0.2, 0) is 4.79 Å². The highest BCUT2D eigenvalue weighted by Gasteiger charge is 2.15. The van der Waals surface area contributed by atoms with Gasteiger partial charge in [-0.05, 0) is 56.3 Å². The zero-order valence-electron chi connectivity index (χ0n) is 15.3. The summed E-state index contributed by atoms with van der Waals surface area (Å²) in [6, 6.07) is 15.0. The van der Waals surface area contributed by atoms with Crippen molar-refractivity contribution in [3.05, 3.63) is 77.2 Å². The molecule has 0 spiro atoms. The molecule has 2 aromatic carbocycles. The number of hydrogen-bond acceptors (Lipinski definition) is 4. The van der Waals surface area contributed by atoms with E-state index in [9.17, 15) is 9.18 Å². The predicted molar refractivity (Wildman–Crippen MR) is 106 cm³/mol. The minimum Gasteiger partial charge on any atom is -0.481 e. The minimum absolute atomic E-state index is 0.177. The maximum Gasteiger partial charge on any atom is 0.265 e. The number of aromatic nitrogens is 1. The van der Waals surface area contributed by atoms with Crippen molar-refractivity contribution in [3.63, 3.8) is 0 Å². The van der Waals surface area contributed by atoms with Crippen LogP contribution in [-0.4, -0.2) is 17.0 Å². The summed E-state index contributed by atoms with van der Waals surface area (Å²) in [4.78, 5) is 16.1. The third kappa shape index (κ3) is 5.20. The zero-order chi connectivity index (χ0) is 20.1. The fraction of sp³-hybridized carbons (Fsp3) is 0.143. The van der Waals surface area contributed by atoms with E-state index in [2.05, 4.69) is 10.3 Å². The molecule has 0 saturated carbocycles. The third-order valence-corrected chi connectivity index (χ3v) is 4.02. The molecule has 5 nitrogen and oxygen atoms in total. The number of carbonyl (C=O) groups excluding carboxylic acids is 1. The first-order valence-corrected chi connectivity index (χ1v) is 8.91. The van der Waals surface area contributed by atoms with E-state index in [4.69, 9.17) is 21.1 Å². The number of halogens is 2. The van der Waals surface area contributed by atoms with Gasteiger partial charge in [-0.2, -0.15) is 0 Å². The van der Waals surface area contributed by atoms with Crippen molar-refractivity contribution in [1.82, 2.24) is 4.98 Å². The van der Waals surface area contributed by atoms with Crippen molar-refractivity contribution in [2.45, 2.75) is 20.0 Å². The quantitative estimate of drug-likeness (QED) is 0.603. The number of hydrogen-bond donors (Lipinski definition) is 1. The molecule has 0 bridgehead atoms. The summed E-state index contributed by atoms with van der Waals surface area (Å²) in [7, 11) is 0. The second-order valence-electron chi connectivity index (χ2n) is 6.13. The molecule has 0 unspecified atom stereocenters. The number of carbonyl (C=O) groups is 1. The molecule has 28 heavy (non-hydrogen) atoms. The van der Waals surface area contributed by atoms with Gasteiger partial charge >= 0.3 is 0 Å². The molecular formula is C21H18ClFN2O3. The van der Waals surface area contributed by atoms with Crippen LogP contribution in [0, 0.1) is 12.7 Å². The Morgan fingerprint density at radius 2 is 1.75 bits per heavy atom. The van der Waals surface area contributed by atoms with Crippen molar-refractivity contribution in [1.29, 1.82) is 0 Å². The van der Waals surface area contributed by atoms with E-state index < -0.39 is 11.9 Å². The van der Waals surface area contributed by atoms with E-state index >= 15 is 0 Å². The highest BCUT2D eigenvalue weighted by molar-refractivity contribution is 6.30. The van der Waals surface area contributed by atoms with Crippen LogP contribution in [0.2, 0.25) is 5.02 Å².